The molecule has 0 aliphatic rings. The summed E-state index contributed by atoms with van der Waals surface area (Å²) in [6.07, 6.45) is 2.11. The average molecular weight is 350 g/mol. The SMILES string of the molecule is CN(CCC(=O)O)Cc1cn(-c2ccccc2Cl)nc1C(C)(C)C. The van der Waals surface area contributed by atoms with E-state index in [1.807, 2.05) is 47.1 Å². The molecule has 0 amide bonds. The Morgan fingerprint density at radius 3 is 2.58 bits per heavy atom. The molecule has 0 aliphatic heterocycles. The maximum absolute atomic E-state index is 10.8. The van der Waals surface area contributed by atoms with Gasteiger partial charge in [0, 0.05) is 30.3 Å². The summed E-state index contributed by atoms with van der Waals surface area (Å²) in [5.74, 6) is -0.787. The van der Waals surface area contributed by atoms with E-state index in [9.17, 15) is 4.79 Å². The molecule has 6 heteroatoms. The fraction of sp³-hybridized carbons (Fsp3) is 0.444. The highest BCUT2D eigenvalue weighted by Gasteiger charge is 2.23. The van der Waals surface area contributed by atoms with Gasteiger partial charge in [0.25, 0.3) is 0 Å². The number of hydrogen-bond acceptors (Lipinski definition) is 3. The molecule has 130 valence electrons. The summed E-state index contributed by atoms with van der Waals surface area (Å²) < 4.78 is 1.81. The smallest absolute Gasteiger partial charge is 0.304 e. The predicted octanol–water partition coefficient (Wildman–Crippen LogP) is 3.73. The molecule has 0 bridgehead atoms. The Morgan fingerprint density at radius 1 is 1.33 bits per heavy atom. The Hall–Kier alpha value is -1.85. The zero-order valence-electron chi connectivity index (χ0n) is 14.6. The number of rotatable bonds is 6. The second-order valence-corrected chi connectivity index (χ2v) is 7.44. The first-order valence-electron chi connectivity index (χ1n) is 7.92. The molecule has 5 nitrogen and oxygen atoms in total. The number of hydrogen-bond donors (Lipinski definition) is 1. The molecule has 0 aliphatic carbocycles. The Bertz CT molecular complexity index is 719. The third kappa shape index (κ3) is 4.58. The highest BCUT2D eigenvalue weighted by molar-refractivity contribution is 6.32. The minimum atomic E-state index is -0.787. The van der Waals surface area contributed by atoms with Crippen LogP contribution in [0.2, 0.25) is 5.02 Å². The van der Waals surface area contributed by atoms with Gasteiger partial charge in [-0.2, -0.15) is 5.10 Å². The van der Waals surface area contributed by atoms with Crippen molar-refractivity contribution in [1.82, 2.24) is 14.7 Å². The standard InChI is InChI=1S/C18H24ClN3O2/c1-18(2,3)17-13(11-21(4)10-9-16(23)24)12-22(20-17)15-8-6-5-7-14(15)19/h5-8,12H,9-11H2,1-4H3,(H,23,24). The van der Waals surface area contributed by atoms with E-state index in [2.05, 4.69) is 20.8 Å². The van der Waals surface area contributed by atoms with Crippen LogP contribution < -0.4 is 0 Å². The van der Waals surface area contributed by atoms with Gasteiger partial charge in [-0.25, -0.2) is 4.68 Å². The van der Waals surface area contributed by atoms with Gasteiger partial charge < -0.3 is 10.0 Å². The van der Waals surface area contributed by atoms with E-state index in [4.69, 9.17) is 21.8 Å². The van der Waals surface area contributed by atoms with Gasteiger partial charge in [0.1, 0.15) is 0 Å². The van der Waals surface area contributed by atoms with E-state index >= 15 is 0 Å². The van der Waals surface area contributed by atoms with Crippen molar-refractivity contribution in [3.8, 4) is 5.69 Å². The van der Waals surface area contributed by atoms with E-state index in [0.717, 1.165) is 16.9 Å². The number of nitrogens with zero attached hydrogens (tertiary/aromatic N) is 3. The number of para-hydroxylation sites is 1. The van der Waals surface area contributed by atoms with Crippen LogP contribution in [0.5, 0.6) is 0 Å². The number of carboxylic acid groups (broad SMARTS) is 1. The number of benzene rings is 1. The molecule has 0 atom stereocenters. The van der Waals surface area contributed by atoms with Gasteiger partial charge in [-0.15, -0.1) is 0 Å². The maximum Gasteiger partial charge on any atom is 0.304 e. The van der Waals surface area contributed by atoms with Crippen LogP contribution >= 0.6 is 11.6 Å². The van der Waals surface area contributed by atoms with Crippen molar-refractivity contribution in [3.05, 3.63) is 46.7 Å². The molecule has 0 saturated heterocycles. The van der Waals surface area contributed by atoms with Gasteiger partial charge in [0.05, 0.1) is 22.8 Å². The molecular weight excluding hydrogens is 326 g/mol. The molecule has 1 heterocycles. The zero-order valence-corrected chi connectivity index (χ0v) is 15.3. The van der Waals surface area contributed by atoms with Crippen molar-refractivity contribution in [2.24, 2.45) is 0 Å². The van der Waals surface area contributed by atoms with Gasteiger partial charge in [-0.3, -0.25) is 4.79 Å². The molecule has 1 aromatic carbocycles. The second-order valence-electron chi connectivity index (χ2n) is 7.03. The molecule has 0 radical (unpaired) electrons. The van der Waals surface area contributed by atoms with Crippen LogP contribution in [0.4, 0.5) is 0 Å². The quantitative estimate of drug-likeness (QED) is 0.863. The fourth-order valence-corrected chi connectivity index (χ4v) is 2.80. The van der Waals surface area contributed by atoms with Crippen LogP contribution in [0.25, 0.3) is 5.69 Å². The largest absolute Gasteiger partial charge is 0.481 e. The van der Waals surface area contributed by atoms with Crippen molar-refractivity contribution in [3.63, 3.8) is 0 Å². The Kier molecular flexibility index (Phi) is 5.67. The topological polar surface area (TPSA) is 58.4 Å². The van der Waals surface area contributed by atoms with Crippen LogP contribution in [-0.4, -0.2) is 39.3 Å². The lowest BCUT2D eigenvalue weighted by Gasteiger charge is -2.20. The second kappa shape index (κ2) is 7.36. The lowest BCUT2D eigenvalue weighted by Crippen LogP contribution is -2.23. The molecule has 2 aromatic rings. The number of halogens is 1. The lowest BCUT2D eigenvalue weighted by atomic mass is 9.89. The number of aliphatic carboxylic acids is 1. The Balaban J connectivity index is 2.33. The Morgan fingerprint density at radius 2 is 2.00 bits per heavy atom. The molecule has 0 unspecified atom stereocenters. The Labute approximate surface area is 147 Å². The highest BCUT2D eigenvalue weighted by atomic mass is 35.5. The van der Waals surface area contributed by atoms with Crippen molar-refractivity contribution < 1.29 is 9.90 Å². The number of carbonyl (C=O) groups is 1. The first-order valence-corrected chi connectivity index (χ1v) is 8.30. The summed E-state index contributed by atoms with van der Waals surface area (Å²) in [6, 6.07) is 7.59. The third-order valence-electron chi connectivity index (χ3n) is 3.75. The van der Waals surface area contributed by atoms with Crippen LogP contribution in [0.3, 0.4) is 0 Å². The van der Waals surface area contributed by atoms with Crippen LogP contribution in [0, 0.1) is 0 Å². The molecule has 2 rings (SSSR count). The minimum Gasteiger partial charge on any atom is -0.481 e. The summed E-state index contributed by atoms with van der Waals surface area (Å²) in [4.78, 5) is 12.7. The van der Waals surface area contributed by atoms with Gasteiger partial charge >= 0.3 is 5.97 Å². The van der Waals surface area contributed by atoms with Gasteiger partial charge in [-0.1, -0.05) is 44.5 Å². The molecule has 1 N–H and O–H groups in total. The van der Waals surface area contributed by atoms with E-state index < -0.39 is 5.97 Å². The summed E-state index contributed by atoms with van der Waals surface area (Å²) in [5.41, 5.74) is 2.79. The van der Waals surface area contributed by atoms with Crippen molar-refractivity contribution in [2.45, 2.75) is 39.2 Å². The van der Waals surface area contributed by atoms with Crippen molar-refractivity contribution in [2.75, 3.05) is 13.6 Å². The number of carboxylic acids is 1. The van der Waals surface area contributed by atoms with Crippen LogP contribution in [-0.2, 0) is 16.8 Å². The first-order chi connectivity index (χ1) is 11.2. The first kappa shape index (κ1) is 18.5. The number of aromatic nitrogens is 2. The highest BCUT2D eigenvalue weighted by Crippen LogP contribution is 2.28. The molecule has 1 aromatic heterocycles. The molecule has 0 saturated carbocycles. The van der Waals surface area contributed by atoms with Gasteiger partial charge in [-0.05, 0) is 19.2 Å². The minimum absolute atomic E-state index is 0.116. The molecule has 24 heavy (non-hydrogen) atoms. The van der Waals surface area contributed by atoms with E-state index in [0.29, 0.717) is 18.1 Å². The van der Waals surface area contributed by atoms with E-state index in [1.165, 1.54) is 0 Å². The predicted molar refractivity (Wildman–Crippen MR) is 95.9 cm³/mol. The monoisotopic (exact) mass is 349 g/mol. The van der Waals surface area contributed by atoms with Gasteiger partial charge in [0.15, 0.2) is 0 Å². The average Bonchev–Trinajstić information content (AvgIpc) is 2.89. The normalized spacial score (nSPS) is 11.9. The molecular formula is C18H24ClN3O2. The maximum atomic E-state index is 10.8. The fourth-order valence-electron chi connectivity index (χ4n) is 2.57. The van der Waals surface area contributed by atoms with E-state index in [1.54, 1.807) is 0 Å². The summed E-state index contributed by atoms with van der Waals surface area (Å²) in [7, 11) is 1.92. The lowest BCUT2D eigenvalue weighted by molar-refractivity contribution is -0.137. The van der Waals surface area contributed by atoms with Crippen molar-refractivity contribution in [1.29, 1.82) is 0 Å². The summed E-state index contributed by atoms with van der Waals surface area (Å²) in [6.45, 7) is 7.49. The summed E-state index contributed by atoms with van der Waals surface area (Å²) in [5, 5.41) is 14.2. The van der Waals surface area contributed by atoms with Crippen molar-refractivity contribution >= 4 is 17.6 Å². The van der Waals surface area contributed by atoms with E-state index in [-0.39, 0.29) is 11.8 Å². The van der Waals surface area contributed by atoms with Crippen LogP contribution in [0.1, 0.15) is 38.4 Å². The van der Waals surface area contributed by atoms with Crippen LogP contribution in [0.15, 0.2) is 30.5 Å². The third-order valence-corrected chi connectivity index (χ3v) is 4.07. The summed E-state index contributed by atoms with van der Waals surface area (Å²) >= 11 is 6.29. The molecule has 0 fully saturated rings. The van der Waals surface area contributed by atoms with Gasteiger partial charge in [0.2, 0.25) is 0 Å². The zero-order chi connectivity index (χ0) is 17.9. The molecule has 0 spiro atoms.